The summed E-state index contributed by atoms with van der Waals surface area (Å²) in [4.78, 5) is 0. The third-order valence-electron chi connectivity index (χ3n) is 4.94. The number of rotatable bonds is 5. The summed E-state index contributed by atoms with van der Waals surface area (Å²) in [6.45, 7) is 6.96. The van der Waals surface area contributed by atoms with E-state index in [1.54, 1.807) is 0 Å². The highest BCUT2D eigenvalue weighted by Gasteiger charge is 2.34. The second-order valence-corrected chi connectivity index (χ2v) is 6.86. The predicted molar refractivity (Wildman–Crippen MR) is 102 cm³/mol. The van der Waals surface area contributed by atoms with Gasteiger partial charge in [-0.05, 0) is 59.4 Å². The number of benzene rings is 2. The molecule has 2 heteroatoms. The van der Waals surface area contributed by atoms with Crippen molar-refractivity contribution in [3.05, 3.63) is 83.1 Å². The molecular weight excluding hydrogens is 294 g/mol. The topological polar surface area (TPSA) is 32.3 Å². The van der Waals surface area contributed by atoms with Gasteiger partial charge < -0.3 is 10.4 Å². The minimum Gasteiger partial charge on any atom is -0.396 e. The fraction of sp³-hybridized carbons (Fsp3) is 0.273. The van der Waals surface area contributed by atoms with Gasteiger partial charge in [0.05, 0.1) is 0 Å². The maximum atomic E-state index is 8.97. The second kappa shape index (κ2) is 6.66. The van der Waals surface area contributed by atoms with Crippen LogP contribution in [0.2, 0.25) is 0 Å². The molecule has 2 aromatic carbocycles. The minimum atomic E-state index is 0.0316. The zero-order valence-electron chi connectivity index (χ0n) is 14.6. The summed E-state index contributed by atoms with van der Waals surface area (Å²) in [6.07, 6.45) is 4.92. The Labute approximate surface area is 144 Å². The molecule has 0 spiro atoms. The van der Waals surface area contributed by atoms with Gasteiger partial charge in [0.25, 0.3) is 0 Å². The van der Waals surface area contributed by atoms with E-state index in [-0.39, 0.29) is 12.0 Å². The average molecular weight is 319 g/mol. The Morgan fingerprint density at radius 3 is 2.42 bits per heavy atom. The van der Waals surface area contributed by atoms with E-state index in [0.717, 1.165) is 11.3 Å². The van der Waals surface area contributed by atoms with Crippen LogP contribution < -0.4 is 5.32 Å². The molecule has 24 heavy (non-hydrogen) atoms. The summed E-state index contributed by atoms with van der Waals surface area (Å²) in [6, 6.07) is 16.9. The van der Waals surface area contributed by atoms with Crippen molar-refractivity contribution >= 4 is 11.3 Å². The SMILES string of the molecule is CC1=C(/C=C/Nc2ccc(CCO)cc2)C(C)(C)c2ccccc21. The van der Waals surface area contributed by atoms with Gasteiger partial charge in [-0.1, -0.05) is 50.2 Å². The number of nitrogens with one attached hydrogen (secondary N) is 1. The number of allylic oxidation sites excluding steroid dienone is 3. The van der Waals surface area contributed by atoms with Crippen LogP contribution in [0.1, 0.15) is 37.5 Å². The van der Waals surface area contributed by atoms with E-state index in [1.807, 2.05) is 30.5 Å². The largest absolute Gasteiger partial charge is 0.396 e. The van der Waals surface area contributed by atoms with Crippen molar-refractivity contribution in [1.29, 1.82) is 0 Å². The van der Waals surface area contributed by atoms with E-state index in [2.05, 4.69) is 56.4 Å². The highest BCUT2D eigenvalue weighted by Crippen LogP contribution is 2.46. The number of hydrogen-bond acceptors (Lipinski definition) is 2. The molecule has 0 saturated heterocycles. The highest BCUT2D eigenvalue weighted by molar-refractivity contribution is 5.81. The quantitative estimate of drug-likeness (QED) is 0.820. The summed E-state index contributed by atoms with van der Waals surface area (Å²) >= 11 is 0. The molecule has 3 rings (SSSR count). The Morgan fingerprint density at radius 2 is 1.75 bits per heavy atom. The van der Waals surface area contributed by atoms with Gasteiger partial charge in [0.1, 0.15) is 0 Å². The van der Waals surface area contributed by atoms with E-state index in [4.69, 9.17) is 5.11 Å². The first-order valence-corrected chi connectivity index (χ1v) is 8.48. The van der Waals surface area contributed by atoms with Crippen LogP contribution >= 0.6 is 0 Å². The summed E-state index contributed by atoms with van der Waals surface area (Å²) < 4.78 is 0. The zero-order valence-corrected chi connectivity index (χ0v) is 14.6. The van der Waals surface area contributed by atoms with Crippen molar-refractivity contribution in [3.63, 3.8) is 0 Å². The van der Waals surface area contributed by atoms with Crippen LogP contribution in [-0.2, 0) is 11.8 Å². The lowest BCUT2D eigenvalue weighted by atomic mass is 9.81. The monoisotopic (exact) mass is 319 g/mol. The molecule has 0 bridgehead atoms. The van der Waals surface area contributed by atoms with Gasteiger partial charge >= 0.3 is 0 Å². The van der Waals surface area contributed by atoms with E-state index in [0.29, 0.717) is 6.42 Å². The van der Waals surface area contributed by atoms with Crippen molar-refractivity contribution in [2.75, 3.05) is 11.9 Å². The number of hydrogen-bond donors (Lipinski definition) is 2. The van der Waals surface area contributed by atoms with Crippen molar-refractivity contribution in [2.45, 2.75) is 32.6 Å². The van der Waals surface area contributed by atoms with Crippen molar-refractivity contribution < 1.29 is 5.11 Å². The van der Waals surface area contributed by atoms with Gasteiger partial charge in [0.2, 0.25) is 0 Å². The maximum absolute atomic E-state index is 8.97. The first-order chi connectivity index (χ1) is 11.5. The van der Waals surface area contributed by atoms with Crippen molar-refractivity contribution in [3.8, 4) is 0 Å². The number of aliphatic hydroxyl groups is 1. The lowest BCUT2D eigenvalue weighted by Gasteiger charge is -2.22. The number of anilines is 1. The van der Waals surface area contributed by atoms with Crippen LogP contribution in [0.3, 0.4) is 0 Å². The Morgan fingerprint density at radius 1 is 1.04 bits per heavy atom. The molecule has 0 radical (unpaired) electrons. The van der Waals surface area contributed by atoms with Gasteiger partial charge in [-0.3, -0.25) is 0 Å². The third-order valence-corrected chi connectivity index (χ3v) is 4.94. The van der Waals surface area contributed by atoms with Gasteiger partial charge in [0.15, 0.2) is 0 Å². The molecule has 0 aromatic heterocycles. The van der Waals surface area contributed by atoms with Gasteiger partial charge in [-0.2, -0.15) is 0 Å². The van der Waals surface area contributed by atoms with E-state index < -0.39 is 0 Å². The molecule has 2 aromatic rings. The van der Waals surface area contributed by atoms with Gasteiger partial charge in [0, 0.05) is 23.9 Å². The Bertz CT molecular complexity index is 782. The van der Waals surface area contributed by atoms with E-state index in [9.17, 15) is 0 Å². The smallest absolute Gasteiger partial charge is 0.0471 e. The fourth-order valence-electron chi connectivity index (χ4n) is 3.57. The molecular formula is C22H25NO. The van der Waals surface area contributed by atoms with Crippen LogP contribution in [0.15, 0.2) is 66.4 Å². The van der Waals surface area contributed by atoms with Crippen LogP contribution in [0.5, 0.6) is 0 Å². The second-order valence-electron chi connectivity index (χ2n) is 6.86. The molecule has 0 saturated carbocycles. The van der Waals surface area contributed by atoms with Crippen molar-refractivity contribution in [1.82, 2.24) is 0 Å². The maximum Gasteiger partial charge on any atom is 0.0471 e. The van der Waals surface area contributed by atoms with E-state index >= 15 is 0 Å². The van der Waals surface area contributed by atoms with Gasteiger partial charge in [-0.15, -0.1) is 0 Å². The first-order valence-electron chi connectivity index (χ1n) is 8.48. The molecule has 1 aliphatic carbocycles. The summed E-state index contributed by atoms with van der Waals surface area (Å²) in [5.74, 6) is 0. The number of aliphatic hydroxyl groups excluding tert-OH is 1. The molecule has 0 amide bonds. The Hall–Kier alpha value is -2.32. The molecule has 2 nitrogen and oxygen atoms in total. The molecule has 1 aliphatic rings. The normalized spacial score (nSPS) is 15.8. The average Bonchev–Trinajstić information content (AvgIpc) is 2.78. The molecule has 124 valence electrons. The standard InChI is InChI=1S/C22H25NO/c1-16-19-6-4-5-7-21(19)22(2,3)20(16)12-14-23-18-10-8-17(9-11-18)13-15-24/h4-12,14,23-24H,13,15H2,1-3H3/b14-12+. The lowest BCUT2D eigenvalue weighted by molar-refractivity contribution is 0.299. The highest BCUT2D eigenvalue weighted by atomic mass is 16.2. The Kier molecular flexibility index (Phi) is 4.59. The molecule has 0 aliphatic heterocycles. The lowest BCUT2D eigenvalue weighted by Crippen LogP contribution is -2.16. The fourth-order valence-corrected chi connectivity index (χ4v) is 3.57. The first kappa shape index (κ1) is 16.5. The van der Waals surface area contributed by atoms with Crippen LogP contribution in [0, 0.1) is 0 Å². The molecule has 0 unspecified atom stereocenters. The summed E-state index contributed by atoms with van der Waals surface area (Å²) in [5.41, 5.74) is 7.70. The molecule has 0 atom stereocenters. The Balaban J connectivity index is 1.76. The number of fused-ring (bicyclic) bond motifs is 1. The molecule has 0 fully saturated rings. The minimum absolute atomic E-state index is 0.0316. The zero-order chi connectivity index (χ0) is 17.2. The van der Waals surface area contributed by atoms with E-state index in [1.165, 1.54) is 22.3 Å². The molecule has 0 heterocycles. The summed E-state index contributed by atoms with van der Waals surface area (Å²) in [7, 11) is 0. The van der Waals surface area contributed by atoms with Gasteiger partial charge in [-0.25, -0.2) is 0 Å². The van der Waals surface area contributed by atoms with Crippen LogP contribution in [0.4, 0.5) is 5.69 Å². The predicted octanol–water partition coefficient (Wildman–Crippen LogP) is 4.91. The van der Waals surface area contributed by atoms with Crippen molar-refractivity contribution in [2.24, 2.45) is 0 Å². The van der Waals surface area contributed by atoms with Crippen LogP contribution in [0.25, 0.3) is 5.57 Å². The van der Waals surface area contributed by atoms with Crippen LogP contribution in [-0.4, -0.2) is 11.7 Å². The summed E-state index contributed by atoms with van der Waals surface area (Å²) in [5, 5.41) is 12.3. The third kappa shape index (κ3) is 3.02. The molecule has 2 N–H and O–H groups in total.